The molecule has 1 N–H and O–H groups in total. The van der Waals surface area contributed by atoms with Crippen LogP contribution in [0.25, 0.3) is 11.2 Å². The molecule has 0 unspecified atom stereocenters. The van der Waals surface area contributed by atoms with E-state index in [2.05, 4.69) is 11.8 Å². The van der Waals surface area contributed by atoms with Crippen molar-refractivity contribution in [3.63, 3.8) is 0 Å². The fourth-order valence-electron chi connectivity index (χ4n) is 4.22. The van der Waals surface area contributed by atoms with Crippen molar-refractivity contribution in [3.05, 3.63) is 50.7 Å². The van der Waals surface area contributed by atoms with E-state index in [4.69, 9.17) is 9.72 Å². The zero-order chi connectivity index (χ0) is 23.0. The maximum atomic E-state index is 13.0. The van der Waals surface area contributed by atoms with Gasteiger partial charge in [0.05, 0.1) is 6.54 Å². The number of benzene rings is 1. The molecule has 0 bridgehead atoms. The van der Waals surface area contributed by atoms with Gasteiger partial charge in [0.25, 0.3) is 5.56 Å². The van der Waals surface area contributed by atoms with Gasteiger partial charge in [-0.3, -0.25) is 13.9 Å². The summed E-state index contributed by atoms with van der Waals surface area (Å²) < 4.78 is 9.99. The molecule has 0 amide bonds. The number of anilines is 1. The van der Waals surface area contributed by atoms with Gasteiger partial charge >= 0.3 is 5.69 Å². The van der Waals surface area contributed by atoms with Gasteiger partial charge in [0.15, 0.2) is 11.2 Å². The van der Waals surface area contributed by atoms with E-state index in [1.54, 1.807) is 11.6 Å². The second-order valence-electron chi connectivity index (χ2n) is 8.85. The average Bonchev–Trinajstić information content (AvgIpc) is 3.14. The number of aromatic nitrogens is 4. The molecule has 1 aliphatic rings. The van der Waals surface area contributed by atoms with Gasteiger partial charge in [0, 0.05) is 27.2 Å². The van der Waals surface area contributed by atoms with E-state index in [0.29, 0.717) is 28.8 Å². The van der Waals surface area contributed by atoms with Crippen LogP contribution in [0.1, 0.15) is 25.3 Å². The van der Waals surface area contributed by atoms with Crippen LogP contribution in [-0.2, 0) is 20.6 Å². The van der Waals surface area contributed by atoms with Crippen LogP contribution < -0.4 is 20.9 Å². The zero-order valence-electron chi connectivity index (χ0n) is 19.1. The first-order chi connectivity index (χ1) is 15.3. The maximum Gasteiger partial charge on any atom is 0.332 e. The van der Waals surface area contributed by atoms with Gasteiger partial charge in [-0.05, 0) is 43.4 Å². The summed E-state index contributed by atoms with van der Waals surface area (Å²) in [5.74, 6) is 1.93. The number of aryl methyl sites for hydroxylation is 2. The minimum Gasteiger partial charge on any atom is -0.491 e. The first-order valence-corrected chi connectivity index (χ1v) is 11.0. The van der Waals surface area contributed by atoms with Crippen molar-refractivity contribution in [2.24, 2.45) is 20.0 Å². The Morgan fingerprint density at radius 3 is 2.59 bits per heavy atom. The number of ether oxygens (including phenoxy) is 1. The van der Waals surface area contributed by atoms with Crippen molar-refractivity contribution < 1.29 is 9.84 Å². The third kappa shape index (κ3) is 4.17. The first kappa shape index (κ1) is 22.1. The van der Waals surface area contributed by atoms with E-state index in [9.17, 15) is 14.7 Å². The highest BCUT2D eigenvalue weighted by atomic mass is 16.5. The molecule has 9 nitrogen and oxygen atoms in total. The van der Waals surface area contributed by atoms with Crippen molar-refractivity contribution in [1.29, 1.82) is 0 Å². The molecule has 1 saturated heterocycles. The maximum absolute atomic E-state index is 13.0. The molecule has 0 radical (unpaired) electrons. The largest absolute Gasteiger partial charge is 0.491 e. The average molecular weight is 442 g/mol. The van der Waals surface area contributed by atoms with Crippen LogP contribution >= 0.6 is 0 Å². The molecule has 1 aromatic carbocycles. The highest BCUT2D eigenvalue weighted by Gasteiger charge is 2.26. The van der Waals surface area contributed by atoms with Gasteiger partial charge in [0.2, 0.25) is 5.95 Å². The number of rotatable bonds is 6. The monoisotopic (exact) mass is 441 g/mol. The number of nitrogens with zero attached hydrogens (tertiary/aromatic N) is 5. The molecule has 1 atom stereocenters. The van der Waals surface area contributed by atoms with Crippen molar-refractivity contribution in [3.8, 4) is 5.75 Å². The Morgan fingerprint density at radius 2 is 1.91 bits per heavy atom. The van der Waals surface area contributed by atoms with Crippen LogP contribution in [0.3, 0.4) is 0 Å². The summed E-state index contributed by atoms with van der Waals surface area (Å²) in [6.07, 6.45) is 1.19. The molecule has 32 heavy (non-hydrogen) atoms. The Morgan fingerprint density at radius 1 is 1.19 bits per heavy atom. The minimum absolute atomic E-state index is 0.0751. The summed E-state index contributed by atoms with van der Waals surface area (Å²) in [6, 6.07) is 7.64. The van der Waals surface area contributed by atoms with Gasteiger partial charge in [-0.15, -0.1) is 0 Å². The summed E-state index contributed by atoms with van der Waals surface area (Å²) in [7, 11) is 3.07. The van der Waals surface area contributed by atoms with E-state index < -0.39 is 17.4 Å². The lowest BCUT2D eigenvalue weighted by molar-refractivity contribution is 0.0935. The normalized spacial score (nSPS) is 16.0. The lowest BCUT2D eigenvalue weighted by atomic mass is 10.00. The summed E-state index contributed by atoms with van der Waals surface area (Å²) >= 11 is 0. The van der Waals surface area contributed by atoms with Gasteiger partial charge < -0.3 is 19.3 Å². The second kappa shape index (κ2) is 8.82. The second-order valence-corrected chi connectivity index (χ2v) is 8.85. The molecule has 4 rings (SSSR count). The molecule has 1 fully saturated rings. The SMILES string of the molecule is Cc1cccc(OC[C@@H](O)Cn2c(N3CCC(C)CC3)nc3c2c(=O)n(C)c(=O)n3C)c1. The molecule has 172 valence electrons. The summed E-state index contributed by atoms with van der Waals surface area (Å²) in [6.45, 7) is 6.05. The summed E-state index contributed by atoms with van der Waals surface area (Å²) in [4.78, 5) is 32.3. The molecule has 0 spiro atoms. The predicted molar refractivity (Wildman–Crippen MR) is 124 cm³/mol. The quantitative estimate of drug-likeness (QED) is 0.622. The van der Waals surface area contributed by atoms with Crippen LogP contribution in [0.4, 0.5) is 5.95 Å². The third-order valence-corrected chi connectivity index (χ3v) is 6.22. The Kier molecular flexibility index (Phi) is 6.10. The zero-order valence-corrected chi connectivity index (χ0v) is 19.1. The van der Waals surface area contributed by atoms with Crippen LogP contribution in [0, 0.1) is 12.8 Å². The predicted octanol–water partition coefficient (Wildman–Crippen LogP) is 1.42. The Labute approximate surface area is 186 Å². The van der Waals surface area contributed by atoms with Crippen LogP contribution in [0.15, 0.2) is 33.9 Å². The Balaban J connectivity index is 1.70. The van der Waals surface area contributed by atoms with Crippen molar-refractivity contribution in [2.45, 2.75) is 39.3 Å². The number of aliphatic hydroxyl groups is 1. The fourth-order valence-corrected chi connectivity index (χ4v) is 4.22. The van der Waals surface area contributed by atoms with E-state index in [1.807, 2.05) is 31.2 Å². The van der Waals surface area contributed by atoms with E-state index in [0.717, 1.165) is 36.1 Å². The molecular formula is C23H31N5O4. The number of hydrogen-bond donors (Lipinski definition) is 1. The van der Waals surface area contributed by atoms with Gasteiger partial charge in [-0.25, -0.2) is 4.79 Å². The van der Waals surface area contributed by atoms with E-state index >= 15 is 0 Å². The molecule has 2 aromatic heterocycles. The van der Waals surface area contributed by atoms with Crippen LogP contribution in [0.5, 0.6) is 5.75 Å². The molecule has 9 heteroatoms. The topological polar surface area (TPSA) is 94.5 Å². The molecule has 0 saturated carbocycles. The Hall–Kier alpha value is -3.07. The van der Waals surface area contributed by atoms with Gasteiger partial charge in [-0.1, -0.05) is 19.1 Å². The molecule has 1 aliphatic heterocycles. The summed E-state index contributed by atoms with van der Waals surface area (Å²) in [5, 5.41) is 10.8. The molecule has 3 aromatic rings. The molecule has 3 heterocycles. The minimum atomic E-state index is -0.864. The van der Waals surface area contributed by atoms with Crippen molar-refractivity contribution in [2.75, 3.05) is 24.6 Å². The highest BCUT2D eigenvalue weighted by Crippen LogP contribution is 2.25. The molecular weight excluding hydrogens is 410 g/mol. The summed E-state index contributed by atoms with van der Waals surface area (Å²) in [5.41, 5.74) is 0.883. The lowest BCUT2D eigenvalue weighted by Crippen LogP contribution is -2.38. The number of imidazole rings is 1. The van der Waals surface area contributed by atoms with E-state index in [-0.39, 0.29) is 13.2 Å². The smallest absolute Gasteiger partial charge is 0.332 e. The van der Waals surface area contributed by atoms with Crippen molar-refractivity contribution in [1.82, 2.24) is 18.7 Å². The molecule has 0 aliphatic carbocycles. The fraction of sp³-hybridized carbons (Fsp3) is 0.522. The van der Waals surface area contributed by atoms with Crippen LogP contribution in [-0.4, -0.2) is 49.6 Å². The van der Waals surface area contributed by atoms with E-state index in [1.165, 1.54) is 11.6 Å². The number of hydrogen-bond acceptors (Lipinski definition) is 6. The number of aliphatic hydroxyl groups excluding tert-OH is 1. The third-order valence-electron chi connectivity index (χ3n) is 6.22. The van der Waals surface area contributed by atoms with Gasteiger partial charge in [-0.2, -0.15) is 4.98 Å². The Bertz CT molecular complexity index is 1230. The number of fused-ring (bicyclic) bond motifs is 1. The highest BCUT2D eigenvalue weighted by molar-refractivity contribution is 5.74. The van der Waals surface area contributed by atoms with Crippen molar-refractivity contribution >= 4 is 17.1 Å². The standard InChI is InChI=1S/C23H31N5O4/c1-15-8-10-27(11-9-15)22-24-20-19(21(30)26(4)23(31)25(20)3)28(22)13-17(29)14-32-18-7-5-6-16(2)12-18/h5-7,12,15,17,29H,8-11,13-14H2,1-4H3/t17-/m0/s1. The number of piperidine rings is 1. The van der Waals surface area contributed by atoms with Gasteiger partial charge in [0.1, 0.15) is 18.5 Å². The first-order valence-electron chi connectivity index (χ1n) is 11.0. The lowest BCUT2D eigenvalue weighted by Gasteiger charge is -2.31. The van der Waals surface area contributed by atoms with Crippen LogP contribution in [0.2, 0.25) is 0 Å².